The molecule has 2 atom stereocenters. The molecule has 2 aromatic carbocycles. The molecule has 174 valence electrons. The van der Waals surface area contributed by atoms with Gasteiger partial charge in [-0.3, -0.25) is 9.59 Å². The summed E-state index contributed by atoms with van der Waals surface area (Å²) in [5, 5.41) is 8.59. The molecule has 32 heavy (non-hydrogen) atoms. The second kappa shape index (κ2) is 11.0. The van der Waals surface area contributed by atoms with Crippen LogP contribution in [0.5, 0.6) is 5.75 Å². The zero-order chi connectivity index (χ0) is 23.9. The normalized spacial score (nSPS) is 13.0. The second-order valence-electron chi connectivity index (χ2n) is 7.55. The van der Waals surface area contributed by atoms with E-state index in [-0.39, 0.29) is 16.8 Å². The highest BCUT2D eigenvalue weighted by atomic mass is 32.2. The quantitative estimate of drug-likeness (QED) is 0.499. The highest BCUT2D eigenvalue weighted by molar-refractivity contribution is 7.90. The van der Waals surface area contributed by atoms with E-state index in [1.54, 1.807) is 50.2 Å². The number of rotatable bonds is 10. The van der Waals surface area contributed by atoms with E-state index >= 15 is 0 Å². The fraction of sp³-hybridized carbons (Fsp3) is 0.391. The number of ether oxygens (including phenoxy) is 1. The standard InChI is InChI=1S/C23H31N3O5S/c1-6-15(3)24-23(28)18-10-8-9-11-19(18)26-22(27)16(4)25-20-13-12-17(31-7-2)14-21(20)32(5,29)30/h8-16,25H,6-7H2,1-5H3,(H,24,28)(H,26,27). The van der Waals surface area contributed by atoms with Gasteiger partial charge in [-0.25, -0.2) is 8.42 Å². The first kappa shape index (κ1) is 25.2. The molecule has 0 spiro atoms. The van der Waals surface area contributed by atoms with Crippen LogP contribution in [0.15, 0.2) is 47.4 Å². The minimum absolute atomic E-state index is 0.000853. The third-order valence-electron chi connectivity index (χ3n) is 4.85. The molecule has 0 radical (unpaired) electrons. The highest BCUT2D eigenvalue weighted by Crippen LogP contribution is 2.27. The number of para-hydroxylation sites is 1. The molecule has 3 N–H and O–H groups in total. The van der Waals surface area contributed by atoms with Gasteiger partial charge in [0.2, 0.25) is 5.91 Å². The van der Waals surface area contributed by atoms with Crippen molar-refractivity contribution in [2.45, 2.75) is 51.1 Å². The van der Waals surface area contributed by atoms with Crippen LogP contribution in [-0.4, -0.2) is 45.2 Å². The molecule has 8 nitrogen and oxygen atoms in total. The van der Waals surface area contributed by atoms with Crippen molar-refractivity contribution in [2.24, 2.45) is 0 Å². The summed E-state index contributed by atoms with van der Waals surface area (Å²) in [5.74, 6) is -0.263. The number of hydrogen-bond donors (Lipinski definition) is 3. The molecule has 0 fully saturated rings. The third kappa shape index (κ3) is 6.71. The molecule has 2 aromatic rings. The first-order valence-electron chi connectivity index (χ1n) is 10.5. The maximum Gasteiger partial charge on any atom is 0.253 e. The molecule has 0 heterocycles. The molecule has 0 aliphatic heterocycles. The summed E-state index contributed by atoms with van der Waals surface area (Å²) in [6.07, 6.45) is 1.88. The minimum Gasteiger partial charge on any atom is -0.494 e. The van der Waals surface area contributed by atoms with Crippen molar-refractivity contribution in [3.63, 3.8) is 0 Å². The number of benzene rings is 2. The summed E-state index contributed by atoms with van der Waals surface area (Å²) in [5.41, 5.74) is 1.02. The summed E-state index contributed by atoms with van der Waals surface area (Å²) in [7, 11) is -3.56. The molecular weight excluding hydrogens is 430 g/mol. The second-order valence-corrected chi connectivity index (χ2v) is 9.53. The molecule has 2 amide bonds. The Morgan fingerprint density at radius 2 is 1.72 bits per heavy atom. The topological polar surface area (TPSA) is 114 Å². The SMILES string of the molecule is CCOc1ccc(NC(C)C(=O)Nc2ccccc2C(=O)NC(C)CC)c(S(C)(=O)=O)c1. The fourth-order valence-electron chi connectivity index (χ4n) is 2.92. The Labute approximate surface area is 189 Å². The highest BCUT2D eigenvalue weighted by Gasteiger charge is 2.21. The fourth-order valence-corrected chi connectivity index (χ4v) is 3.78. The van der Waals surface area contributed by atoms with Crippen LogP contribution in [0.4, 0.5) is 11.4 Å². The van der Waals surface area contributed by atoms with Gasteiger partial charge in [0.15, 0.2) is 9.84 Å². The Balaban J connectivity index is 2.21. The largest absolute Gasteiger partial charge is 0.494 e. The Kier molecular flexibility index (Phi) is 8.65. The van der Waals surface area contributed by atoms with Crippen molar-refractivity contribution >= 4 is 33.0 Å². The Morgan fingerprint density at radius 1 is 1.03 bits per heavy atom. The van der Waals surface area contributed by atoms with Crippen molar-refractivity contribution in [1.82, 2.24) is 5.32 Å². The number of anilines is 2. The van der Waals surface area contributed by atoms with Crippen molar-refractivity contribution < 1.29 is 22.7 Å². The van der Waals surface area contributed by atoms with Gasteiger partial charge in [-0.1, -0.05) is 19.1 Å². The van der Waals surface area contributed by atoms with E-state index in [0.29, 0.717) is 29.3 Å². The Hall–Kier alpha value is -3.07. The molecule has 0 saturated carbocycles. The smallest absolute Gasteiger partial charge is 0.253 e. The lowest BCUT2D eigenvalue weighted by Gasteiger charge is -2.19. The minimum atomic E-state index is -3.56. The number of carbonyl (C=O) groups is 2. The first-order valence-corrected chi connectivity index (χ1v) is 12.4. The van der Waals surface area contributed by atoms with Gasteiger partial charge in [0.05, 0.1) is 28.4 Å². The number of nitrogens with one attached hydrogen (secondary N) is 3. The monoisotopic (exact) mass is 461 g/mol. The molecule has 0 aliphatic rings. The van der Waals surface area contributed by atoms with Gasteiger partial charge in [-0.05, 0) is 51.5 Å². The van der Waals surface area contributed by atoms with Gasteiger partial charge in [0.1, 0.15) is 11.8 Å². The first-order chi connectivity index (χ1) is 15.1. The number of hydrogen-bond acceptors (Lipinski definition) is 6. The zero-order valence-electron chi connectivity index (χ0n) is 19.1. The van der Waals surface area contributed by atoms with E-state index in [1.807, 2.05) is 13.8 Å². The van der Waals surface area contributed by atoms with Crippen LogP contribution in [0, 0.1) is 0 Å². The van der Waals surface area contributed by atoms with Gasteiger partial charge in [-0.2, -0.15) is 0 Å². The maximum absolute atomic E-state index is 12.8. The van der Waals surface area contributed by atoms with Gasteiger partial charge in [0.25, 0.3) is 5.91 Å². The third-order valence-corrected chi connectivity index (χ3v) is 5.98. The van der Waals surface area contributed by atoms with Crippen molar-refractivity contribution in [1.29, 1.82) is 0 Å². The lowest BCUT2D eigenvalue weighted by Crippen LogP contribution is -2.35. The number of amides is 2. The van der Waals surface area contributed by atoms with Crippen molar-refractivity contribution in [3.8, 4) is 5.75 Å². The summed E-state index contributed by atoms with van der Waals surface area (Å²) in [6, 6.07) is 10.6. The molecule has 2 rings (SSSR count). The lowest BCUT2D eigenvalue weighted by molar-refractivity contribution is -0.116. The van der Waals surface area contributed by atoms with Crippen molar-refractivity contribution in [3.05, 3.63) is 48.0 Å². The Morgan fingerprint density at radius 3 is 2.34 bits per heavy atom. The van der Waals surface area contributed by atoms with E-state index in [2.05, 4.69) is 16.0 Å². The molecule has 2 unspecified atom stereocenters. The molecule has 0 aliphatic carbocycles. The van der Waals surface area contributed by atoms with Crippen molar-refractivity contribution in [2.75, 3.05) is 23.5 Å². The Bertz CT molecular complexity index is 1070. The zero-order valence-corrected chi connectivity index (χ0v) is 19.9. The van der Waals surface area contributed by atoms with Crippen LogP contribution in [0.25, 0.3) is 0 Å². The van der Waals surface area contributed by atoms with E-state index in [4.69, 9.17) is 4.74 Å². The average Bonchev–Trinajstić information content (AvgIpc) is 2.74. The number of carbonyl (C=O) groups excluding carboxylic acids is 2. The van der Waals surface area contributed by atoms with E-state index in [0.717, 1.165) is 12.7 Å². The summed E-state index contributed by atoms with van der Waals surface area (Å²) in [6.45, 7) is 7.69. The van der Waals surface area contributed by atoms with E-state index in [1.165, 1.54) is 6.07 Å². The van der Waals surface area contributed by atoms with Crippen LogP contribution >= 0.6 is 0 Å². The number of sulfone groups is 1. The summed E-state index contributed by atoms with van der Waals surface area (Å²) >= 11 is 0. The van der Waals surface area contributed by atoms with Gasteiger partial charge >= 0.3 is 0 Å². The molecule has 0 aromatic heterocycles. The predicted octanol–water partition coefficient (Wildman–Crippen LogP) is 3.46. The average molecular weight is 462 g/mol. The summed E-state index contributed by atoms with van der Waals surface area (Å²) < 4.78 is 29.9. The summed E-state index contributed by atoms with van der Waals surface area (Å²) in [4.78, 5) is 25.4. The molecule has 9 heteroatoms. The van der Waals surface area contributed by atoms with Crippen LogP contribution in [-0.2, 0) is 14.6 Å². The van der Waals surface area contributed by atoms with Gasteiger partial charge < -0.3 is 20.7 Å². The van der Waals surface area contributed by atoms with E-state index < -0.39 is 21.8 Å². The molecular formula is C23H31N3O5S. The predicted molar refractivity (Wildman–Crippen MR) is 126 cm³/mol. The van der Waals surface area contributed by atoms with E-state index in [9.17, 15) is 18.0 Å². The lowest BCUT2D eigenvalue weighted by atomic mass is 10.1. The van der Waals surface area contributed by atoms with Crippen LogP contribution in [0.1, 0.15) is 44.5 Å². The molecule has 0 saturated heterocycles. The molecule has 0 bridgehead atoms. The van der Waals surface area contributed by atoms with Crippen LogP contribution < -0.4 is 20.7 Å². The van der Waals surface area contributed by atoms with Crippen LogP contribution in [0.2, 0.25) is 0 Å². The van der Waals surface area contributed by atoms with Gasteiger partial charge in [-0.15, -0.1) is 0 Å². The van der Waals surface area contributed by atoms with Crippen LogP contribution in [0.3, 0.4) is 0 Å². The maximum atomic E-state index is 12.8. The van der Waals surface area contributed by atoms with Gasteiger partial charge in [0, 0.05) is 18.4 Å².